The van der Waals surface area contributed by atoms with Gasteiger partial charge in [-0.1, -0.05) is 6.07 Å². The summed E-state index contributed by atoms with van der Waals surface area (Å²) in [4.78, 5) is 8.64. The normalized spacial score (nSPS) is 28.4. The van der Waals surface area contributed by atoms with Crippen LogP contribution in [0, 0.1) is 0 Å². The Morgan fingerprint density at radius 1 is 1.33 bits per heavy atom. The highest BCUT2D eigenvalue weighted by molar-refractivity contribution is 7.90. The van der Waals surface area contributed by atoms with Gasteiger partial charge >= 0.3 is 0 Å². The van der Waals surface area contributed by atoms with Crippen LogP contribution in [-0.2, 0) is 14.8 Å². The summed E-state index contributed by atoms with van der Waals surface area (Å²) in [7, 11) is -1.77. The summed E-state index contributed by atoms with van der Waals surface area (Å²) < 4.78 is 31.9. The molecule has 1 N–H and O–H groups in total. The number of rotatable bonds is 4. The van der Waals surface area contributed by atoms with Crippen molar-refractivity contribution in [2.75, 3.05) is 24.8 Å². The van der Waals surface area contributed by atoms with Crippen LogP contribution in [-0.4, -0.2) is 59.5 Å². The molecule has 2 saturated heterocycles. The lowest BCUT2D eigenvalue weighted by molar-refractivity contribution is 0.113. The van der Waals surface area contributed by atoms with Crippen LogP contribution in [0.1, 0.15) is 13.3 Å². The predicted octanol–water partition coefficient (Wildman–Crippen LogP) is 1.73. The Labute approximate surface area is 158 Å². The van der Waals surface area contributed by atoms with E-state index in [0.29, 0.717) is 24.5 Å². The van der Waals surface area contributed by atoms with E-state index in [-0.39, 0.29) is 11.9 Å². The number of hydrazone groups is 1. The van der Waals surface area contributed by atoms with Crippen molar-refractivity contribution in [1.82, 2.24) is 14.3 Å². The second-order valence-corrected chi connectivity index (χ2v) is 8.84. The lowest BCUT2D eigenvalue weighted by atomic mass is 9.94. The number of nitrogens with one attached hydrogen (secondary N) is 1. The zero-order chi connectivity index (χ0) is 19.1. The number of hydrogen-bond acceptors (Lipinski definition) is 7. The lowest BCUT2D eigenvalue weighted by Crippen LogP contribution is -2.41. The van der Waals surface area contributed by atoms with Crippen LogP contribution in [0.2, 0.25) is 0 Å². The first-order valence-corrected chi connectivity index (χ1v) is 10.3. The van der Waals surface area contributed by atoms with E-state index in [1.807, 2.05) is 31.2 Å². The number of hydrogen-bond donors (Lipinski definition) is 1. The molecule has 0 aliphatic carbocycles. The maximum Gasteiger partial charge on any atom is 0.220 e. The highest BCUT2D eigenvalue weighted by atomic mass is 32.2. The Morgan fingerprint density at radius 3 is 2.93 bits per heavy atom. The van der Waals surface area contributed by atoms with Crippen molar-refractivity contribution in [1.29, 1.82) is 0 Å². The molecule has 2 aromatic rings. The number of nitrogens with zero attached hydrogens (tertiary/aromatic N) is 4. The average molecular weight is 387 g/mol. The van der Waals surface area contributed by atoms with Gasteiger partial charge in [0.05, 0.1) is 23.0 Å². The second-order valence-electron chi connectivity index (χ2n) is 6.94. The maximum atomic E-state index is 12.5. The molecule has 2 aromatic heterocycles. The number of sulfonamides is 1. The molecule has 8 nitrogen and oxygen atoms in total. The van der Waals surface area contributed by atoms with Crippen molar-refractivity contribution >= 4 is 21.6 Å². The lowest BCUT2D eigenvalue weighted by Gasteiger charge is -2.24. The zero-order valence-corrected chi connectivity index (χ0v) is 16.0. The van der Waals surface area contributed by atoms with Crippen LogP contribution < -0.4 is 5.43 Å². The standard InChI is InChI=1S/C18H21N5O3S/c1-18-9-14(26-2)11-23(18)27(24,25)12-16(18)21-22-17-7-3-6-15(20-17)13-5-4-8-19-10-13/h3-8,10,14H,9,11-12H2,1-2H3,(H,20,22)/b21-16-. The highest BCUT2D eigenvalue weighted by Crippen LogP contribution is 2.40. The number of aromatic nitrogens is 2. The van der Waals surface area contributed by atoms with Crippen LogP contribution in [0.15, 0.2) is 47.8 Å². The van der Waals surface area contributed by atoms with Gasteiger partial charge in [0, 0.05) is 31.6 Å². The summed E-state index contributed by atoms with van der Waals surface area (Å²) in [6.07, 6.45) is 3.91. The highest BCUT2D eigenvalue weighted by Gasteiger charge is 2.57. The van der Waals surface area contributed by atoms with Crippen LogP contribution in [0.4, 0.5) is 5.82 Å². The third kappa shape index (κ3) is 3.22. The molecule has 0 amide bonds. The minimum Gasteiger partial charge on any atom is -0.380 e. The molecule has 2 fully saturated rings. The van der Waals surface area contributed by atoms with Gasteiger partial charge in [0.25, 0.3) is 0 Å². The first-order chi connectivity index (χ1) is 12.9. The Bertz CT molecular complexity index is 980. The third-order valence-corrected chi connectivity index (χ3v) is 7.03. The van der Waals surface area contributed by atoms with Crippen molar-refractivity contribution < 1.29 is 13.2 Å². The van der Waals surface area contributed by atoms with E-state index >= 15 is 0 Å². The first kappa shape index (κ1) is 18.0. The number of ether oxygens (including phenoxy) is 1. The number of anilines is 1. The molecule has 142 valence electrons. The molecule has 2 aliphatic rings. The van der Waals surface area contributed by atoms with Crippen molar-refractivity contribution in [3.63, 3.8) is 0 Å². The minimum absolute atomic E-state index is 0.0881. The second kappa shape index (κ2) is 6.66. The van der Waals surface area contributed by atoms with Gasteiger partial charge in [-0.15, -0.1) is 0 Å². The maximum absolute atomic E-state index is 12.5. The molecule has 2 unspecified atom stereocenters. The fraction of sp³-hybridized carbons (Fsp3) is 0.389. The quantitative estimate of drug-likeness (QED) is 0.803. The van der Waals surface area contributed by atoms with Crippen LogP contribution >= 0.6 is 0 Å². The topological polar surface area (TPSA) is 96.8 Å². The Morgan fingerprint density at radius 2 is 2.19 bits per heavy atom. The summed E-state index contributed by atoms with van der Waals surface area (Å²) >= 11 is 0. The smallest absolute Gasteiger partial charge is 0.220 e. The van der Waals surface area contributed by atoms with E-state index in [4.69, 9.17) is 4.74 Å². The van der Waals surface area contributed by atoms with E-state index in [1.54, 1.807) is 25.6 Å². The molecule has 27 heavy (non-hydrogen) atoms. The molecule has 0 radical (unpaired) electrons. The molecule has 2 atom stereocenters. The van der Waals surface area contributed by atoms with E-state index in [2.05, 4.69) is 20.5 Å². The molecule has 4 rings (SSSR count). The van der Waals surface area contributed by atoms with Gasteiger partial charge in [-0.3, -0.25) is 10.4 Å². The monoisotopic (exact) mass is 387 g/mol. The van der Waals surface area contributed by atoms with Crippen LogP contribution in [0.25, 0.3) is 11.3 Å². The van der Waals surface area contributed by atoms with Gasteiger partial charge in [0.2, 0.25) is 10.0 Å². The Hall–Kier alpha value is -2.36. The molecule has 0 saturated carbocycles. The van der Waals surface area contributed by atoms with Gasteiger partial charge in [0.15, 0.2) is 0 Å². The van der Waals surface area contributed by atoms with Crippen molar-refractivity contribution in [3.05, 3.63) is 42.7 Å². The van der Waals surface area contributed by atoms with Gasteiger partial charge in [-0.25, -0.2) is 13.4 Å². The molecule has 0 bridgehead atoms. The Balaban J connectivity index is 1.60. The van der Waals surface area contributed by atoms with E-state index in [1.165, 1.54) is 4.31 Å². The summed E-state index contributed by atoms with van der Waals surface area (Å²) in [6.45, 7) is 2.26. The molecule has 9 heteroatoms. The summed E-state index contributed by atoms with van der Waals surface area (Å²) in [6, 6.07) is 9.33. The minimum atomic E-state index is -3.38. The Kier molecular flexibility index (Phi) is 4.45. The number of methoxy groups -OCH3 is 1. The predicted molar refractivity (Wildman–Crippen MR) is 103 cm³/mol. The van der Waals surface area contributed by atoms with Gasteiger partial charge in [-0.05, 0) is 37.6 Å². The molecule has 0 spiro atoms. The molecule has 4 heterocycles. The fourth-order valence-corrected chi connectivity index (χ4v) is 5.76. The SMILES string of the molecule is COC1CN2C(C)(C1)/C(=N\Nc1cccc(-c3cccnc3)n1)CS2(=O)=O. The average Bonchev–Trinajstić information content (AvgIpc) is 3.12. The van der Waals surface area contributed by atoms with Crippen molar-refractivity contribution in [2.45, 2.75) is 25.0 Å². The summed E-state index contributed by atoms with van der Waals surface area (Å²) in [5.41, 5.74) is 4.51. The summed E-state index contributed by atoms with van der Waals surface area (Å²) in [5, 5.41) is 4.42. The number of pyridine rings is 2. The number of fused-ring (bicyclic) bond motifs is 1. The summed E-state index contributed by atoms with van der Waals surface area (Å²) in [5.74, 6) is 0.458. The van der Waals surface area contributed by atoms with E-state index in [0.717, 1.165) is 11.3 Å². The molecular formula is C18H21N5O3S. The van der Waals surface area contributed by atoms with Crippen molar-refractivity contribution in [3.8, 4) is 11.3 Å². The van der Waals surface area contributed by atoms with E-state index in [9.17, 15) is 8.42 Å². The van der Waals surface area contributed by atoms with Crippen molar-refractivity contribution in [2.24, 2.45) is 5.10 Å². The fourth-order valence-electron chi connectivity index (χ4n) is 3.69. The third-order valence-electron chi connectivity index (χ3n) is 5.17. The van der Waals surface area contributed by atoms with Crippen LogP contribution in [0.5, 0.6) is 0 Å². The molecule has 2 aliphatic heterocycles. The van der Waals surface area contributed by atoms with E-state index < -0.39 is 15.6 Å². The first-order valence-electron chi connectivity index (χ1n) is 8.66. The largest absolute Gasteiger partial charge is 0.380 e. The molecule has 0 aromatic carbocycles. The van der Waals surface area contributed by atoms with Gasteiger partial charge in [0.1, 0.15) is 11.6 Å². The zero-order valence-electron chi connectivity index (χ0n) is 15.2. The van der Waals surface area contributed by atoms with Gasteiger partial charge < -0.3 is 4.74 Å². The molecular weight excluding hydrogens is 366 g/mol. The van der Waals surface area contributed by atoms with Gasteiger partial charge in [-0.2, -0.15) is 9.41 Å². The van der Waals surface area contributed by atoms with Crippen LogP contribution in [0.3, 0.4) is 0 Å².